The molecule has 0 saturated carbocycles. The van der Waals surface area contributed by atoms with Gasteiger partial charge in [-0.25, -0.2) is 4.98 Å². The minimum absolute atomic E-state index is 0.995. The van der Waals surface area contributed by atoms with E-state index in [4.69, 9.17) is 0 Å². The maximum atomic E-state index is 4.68. The molecule has 19 heavy (non-hydrogen) atoms. The molecule has 3 heterocycles. The third-order valence-electron chi connectivity index (χ3n) is 2.97. The summed E-state index contributed by atoms with van der Waals surface area (Å²) in [6, 6.07) is 8.17. The van der Waals surface area contributed by atoms with Crippen molar-refractivity contribution in [2.75, 3.05) is 0 Å². The summed E-state index contributed by atoms with van der Waals surface area (Å²) in [5.74, 6) is 0. The van der Waals surface area contributed by atoms with Gasteiger partial charge in [0.05, 0.1) is 5.69 Å². The predicted octanol–water partition coefficient (Wildman–Crippen LogP) is 4.04. The van der Waals surface area contributed by atoms with Gasteiger partial charge in [-0.05, 0) is 43.7 Å². The standard InChI is InChI=1S/C14H13N3.C2H6/c1-10-5-8-17-11(2)14(16-13(17)9-10)12-3-6-15-7-4-12;1-2/h3-9H,1-2H3;1-2H3. The fraction of sp³-hybridized carbons (Fsp3) is 0.250. The van der Waals surface area contributed by atoms with Gasteiger partial charge in [0.25, 0.3) is 0 Å². The highest BCUT2D eigenvalue weighted by atomic mass is 15.0. The molecule has 0 N–H and O–H groups in total. The maximum absolute atomic E-state index is 4.68. The highest BCUT2D eigenvalue weighted by molar-refractivity contribution is 5.66. The fourth-order valence-corrected chi connectivity index (χ4v) is 2.05. The van der Waals surface area contributed by atoms with Crippen LogP contribution < -0.4 is 0 Å². The van der Waals surface area contributed by atoms with E-state index >= 15 is 0 Å². The van der Waals surface area contributed by atoms with E-state index in [-0.39, 0.29) is 0 Å². The Morgan fingerprint density at radius 3 is 2.37 bits per heavy atom. The Balaban J connectivity index is 0.000000637. The molecule has 3 aromatic rings. The zero-order valence-electron chi connectivity index (χ0n) is 11.9. The van der Waals surface area contributed by atoms with E-state index in [1.807, 2.05) is 26.0 Å². The van der Waals surface area contributed by atoms with Gasteiger partial charge in [0.2, 0.25) is 0 Å². The van der Waals surface area contributed by atoms with Crippen molar-refractivity contribution in [1.29, 1.82) is 0 Å². The smallest absolute Gasteiger partial charge is 0.137 e. The molecule has 0 aliphatic carbocycles. The zero-order valence-corrected chi connectivity index (χ0v) is 11.9. The Hall–Kier alpha value is -2.16. The first-order chi connectivity index (χ1) is 9.25. The quantitative estimate of drug-likeness (QED) is 0.655. The van der Waals surface area contributed by atoms with Crippen LogP contribution >= 0.6 is 0 Å². The molecule has 3 aromatic heterocycles. The van der Waals surface area contributed by atoms with E-state index in [9.17, 15) is 0 Å². The Morgan fingerprint density at radius 2 is 1.68 bits per heavy atom. The van der Waals surface area contributed by atoms with E-state index in [2.05, 4.69) is 46.5 Å². The lowest BCUT2D eigenvalue weighted by Gasteiger charge is -1.98. The Morgan fingerprint density at radius 1 is 1.00 bits per heavy atom. The summed E-state index contributed by atoms with van der Waals surface area (Å²) in [5, 5.41) is 0. The second-order valence-corrected chi connectivity index (χ2v) is 4.21. The molecule has 3 rings (SSSR count). The van der Waals surface area contributed by atoms with E-state index in [0.29, 0.717) is 0 Å². The molecular formula is C16H19N3. The van der Waals surface area contributed by atoms with Gasteiger partial charge in [-0.3, -0.25) is 4.98 Å². The van der Waals surface area contributed by atoms with Gasteiger partial charge in [0.15, 0.2) is 0 Å². The SMILES string of the molecule is CC.Cc1ccn2c(C)c(-c3ccncc3)nc2c1. The highest BCUT2D eigenvalue weighted by Crippen LogP contribution is 2.23. The van der Waals surface area contributed by atoms with Gasteiger partial charge in [-0.2, -0.15) is 0 Å². The topological polar surface area (TPSA) is 30.2 Å². The van der Waals surface area contributed by atoms with Crippen LogP contribution in [0.2, 0.25) is 0 Å². The van der Waals surface area contributed by atoms with Crippen LogP contribution in [0.15, 0.2) is 42.9 Å². The number of imidazole rings is 1. The van der Waals surface area contributed by atoms with Crippen LogP contribution in [-0.4, -0.2) is 14.4 Å². The van der Waals surface area contributed by atoms with E-state index < -0.39 is 0 Å². The van der Waals surface area contributed by atoms with Gasteiger partial charge in [-0.15, -0.1) is 0 Å². The molecule has 0 aliphatic heterocycles. The fourth-order valence-electron chi connectivity index (χ4n) is 2.05. The lowest BCUT2D eigenvalue weighted by molar-refractivity contribution is 1.10. The van der Waals surface area contributed by atoms with Crippen LogP contribution in [-0.2, 0) is 0 Å². The van der Waals surface area contributed by atoms with Gasteiger partial charge >= 0.3 is 0 Å². The molecule has 0 spiro atoms. The van der Waals surface area contributed by atoms with Crippen molar-refractivity contribution >= 4 is 5.65 Å². The first-order valence-electron chi connectivity index (χ1n) is 6.61. The monoisotopic (exact) mass is 253 g/mol. The Bertz CT molecular complexity index is 669. The number of aryl methyl sites for hydroxylation is 2. The lowest BCUT2D eigenvalue weighted by Crippen LogP contribution is -1.87. The van der Waals surface area contributed by atoms with Gasteiger partial charge in [0, 0.05) is 29.8 Å². The van der Waals surface area contributed by atoms with Crippen LogP contribution in [0.4, 0.5) is 0 Å². The summed E-state index contributed by atoms with van der Waals surface area (Å²) in [4.78, 5) is 8.71. The summed E-state index contributed by atoms with van der Waals surface area (Å²) in [7, 11) is 0. The molecule has 0 aromatic carbocycles. The summed E-state index contributed by atoms with van der Waals surface area (Å²) in [5.41, 5.74) is 5.51. The number of hydrogen-bond donors (Lipinski definition) is 0. The van der Waals surface area contributed by atoms with Crippen molar-refractivity contribution < 1.29 is 0 Å². The first kappa shape index (κ1) is 13.3. The van der Waals surface area contributed by atoms with Crippen LogP contribution in [0.3, 0.4) is 0 Å². The van der Waals surface area contributed by atoms with Crippen molar-refractivity contribution in [3.8, 4) is 11.3 Å². The Kier molecular flexibility index (Phi) is 3.95. The van der Waals surface area contributed by atoms with Crippen molar-refractivity contribution in [2.45, 2.75) is 27.7 Å². The van der Waals surface area contributed by atoms with Crippen LogP contribution in [0.1, 0.15) is 25.1 Å². The van der Waals surface area contributed by atoms with Crippen molar-refractivity contribution in [2.24, 2.45) is 0 Å². The van der Waals surface area contributed by atoms with Gasteiger partial charge in [-0.1, -0.05) is 13.8 Å². The molecule has 0 atom stereocenters. The van der Waals surface area contributed by atoms with Crippen molar-refractivity contribution in [3.05, 3.63) is 54.1 Å². The summed E-state index contributed by atoms with van der Waals surface area (Å²) in [6.45, 7) is 8.17. The van der Waals surface area contributed by atoms with Gasteiger partial charge < -0.3 is 4.40 Å². The molecule has 0 saturated heterocycles. The number of hydrogen-bond acceptors (Lipinski definition) is 2. The van der Waals surface area contributed by atoms with Crippen LogP contribution in [0.5, 0.6) is 0 Å². The molecule has 0 fully saturated rings. The average Bonchev–Trinajstić information content (AvgIpc) is 2.78. The minimum atomic E-state index is 0.995. The molecule has 0 amide bonds. The second-order valence-electron chi connectivity index (χ2n) is 4.21. The molecule has 0 unspecified atom stereocenters. The van der Waals surface area contributed by atoms with Crippen molar-refractivity contribution in [3.63, 3.8) is 0 Å². The number of fused-ring (bicyclic) bond motifs is 1. The van der Waals surface area contributed by atoms with Crippen molar-refractivity contribution in [1.82, 2.24) is 14.4 Å². The zero-order chi connectivity index (χ0) is 13.8. The molecule has 0 radical (unpaired) electrons. The predicted molar refractivity (Wildman–Crippen MR) is 79.2 cm³/mol. The lowest BCUT2D eigenvalue weighted by atomic mass is 10.2. The Labute approximate surface area is 114 Å². The molecule has 3 nitrogen and oxygen atoms in total. The number of nitrogens with zero attached hydrogens (tertiary/aromatic N) is 3. The minimum Gasteiger partial charge on any atom is -0.304 e. The van der Waals surface area contributed by atoms with Crippen LogP contribution in [0.25, 0.3) is 16.9 Å². The number of rotatable bonds is 1. The number of aromatic nitrogens is 3. The number of pyridine rings is 2. The van der Waals surface area contributed by atoms with E-state index in [1.54, 1.807) is 12.4 Å². The summed E-state index contributed by atoms with van der Waals surface area (Å²) in [6.07, 6.45) is 5.66. The van der Waals surface area contributed by atoms with E-state index in [1.165, 1.54) is 5.56 Å². The third-order valence-corrected chi connectivity index (χ3v) is 2.97. The third kappa shape index (κ3) is 2.50. The van der Waals surface area contributed by atoms with Crippen LogP contribution in [0, 0.1) is 13.8 Å². The molecular weight excluding hydrogens is 234 g/mol. The molecule has 0 aliphatic rings. The molecule has 0 bridgehead atoms. The van der Waals surface area contributed by atoms with Gasteiger partial charge in [0.1, 0.15) is 5.65 Å². The highest BCUT2D eigenvalue weighted by Gasteiger charge is 2.09. The van der Waals surface area contributed by atoms with E-state index in [0.717, 1.165) is 22.6 Å². The molecule has 98 valence electrons. The molecule has 3 heteroatoms. The largest absolute Gasteiger partial charge is 0.304 e. The average molecular weight is 253 g/mol. The second kappa shape index (κ2) is 5.65. The first-order valence-corrected chi connectivity index (χ1v) is 6.61. The summed E-state index contributed by atoms with van der Waals surface area (Å²) < 4.78 is 2.11. The maximum Gasteiger partial charge on any atom is 0.137 e. The summed E-state index contributed by atoms with van der Waals surface area (Å²) >= 11 is 0. The normalized spacial score (nSPS) is 10.1.